The number of hydrogen-bond donors (Lipinski definition) is 0. The Morgan fingerprint density at radius 1 is 0.260 bits per heavy atom. The highest BCUT2D eigenvalue weighted by Gasteiger charge is 2.32. The zero-order valence-corrected chi connectivity index (χ0v) is 28.0. The molecule has 0 atom stereocenters. The minimum atomic E-state index is 1.25. The van der Waals surface area contributed by atoms with Crippen molar-refractivity contribution in [3.63, 3.8) is 0 Å². The van der Waals surface area contributed by atoms with Crippen LogP contribution in [0, 0.1) is 13.8 Å². The average Bonchev–Trinajstić information content (AvgIpc) is 3.65. The molecular weight excluding hydrogens is 601 g/mol. The largest absolute Gasteiger partial charge is 0.0622 e. The maximum absolute atomic E-state index is 2.51. The van der Waals surface area contributed by atoms with Gasteiger partial charge in [0.05, 0.1) is 0 Å². The molecule has 0 aliphatic heterocycles. The molecule has 0 nitrogen and oxygen atoms in total. The summed E-state index contributed by atoms with van der Waals surface area (Å²) in [4.78, 5) is 0. The summed E-state index contributed by atoms with van der Waals surface area (Å²) in [5.41, 5.74) is 21.2. The van der Waals surface area contributed by atoms with Crippen LogP contribution in [0.25, 0.3) is 110 Å². The minimum Gasteiger partial charge on any atom is -0.0622 e. The van der Waals surface area contributed by atoms with Crippen LogP contribution in [0.3, 0.4) is 0 Å². The molecule has 9 aromatic carbocycles. The van der Waals surface area contributed by atoms with Crippen molar-refractivity contribution in [1.29, 1.82) is 0 Å². The van der Waals surface area contributed by atoms with Crippen LogP contribution in [-0.4, -0.2) is 0 Å². The lowest BCUT2D eigenvalue weighted by atomic mass is 9.84. The molecule has 0 unspecified atom stereocenters. The molecule has 0 radical (unpaired) electrons. The van der Waals surface area contributed by atoms with Crippen molar-refractivity contribution in [3.8, 4) is 77.9 Å². The molecule has 11 rings (SSSR count). The molecule has 2 aliphatic rings. The Bertz CT molecular complexity index is 2780. The normalized spacial score (nSPS) is 12.2. The van der Waals surface area contributed by atoms with E-state index in [2.05, 4.69) is 172 Å². The summed E-state index contributed by atoms with van der Waals surface area (Å²) >= 11 is 0. The summed E-state index contributed by atoms with van der Waals surface area (Å²) in [6, 6.07) is 59.0. The predicted octanol–water partition coefficient (Wildman–Crippen LogP) is 14.1. The van der Waals surface area contributed by atoms with E-state index in [1.54, 1.807) is 0 Å². The van der Waals surface area contributed by atoms with Crippen molar-refractivity contribution in [1.82, 2.24) is 0 Å². The van der Waals surface area contributed by atoms with E-state index < -0.39 is 0 Å². The van der Waals surface area contributed by atoms with Crippen molar-refractivity contribution in [2.45, 2.75) is 13.8 Å². The zero-order valence-electron chi connectivity index (χ0n) is 28.0. The first-order valence-electron chi connectivity index (χ1n) is 17.6. The number of hydrogen-bond acceptors (Lipinski definition) is 0. The number of benzene rings is 9. The minimum absolute atomic E-state index is 1.25. The Hall–Kier alpha value is -6.24. The summed E-state index contributed by atoms with van der Waals surface area (Å²) in [6.45, 7) is 4.49. The Morgan fingerprint density at radius 3 is 1.26 bits per heavy atom. The van der Waals surface area contributed by atoms with E-state index in [-0.39, 0.29) is 0 Å². The molecule has 0 fully saturated rings. The van der Waals surface area contributed by atoms with E-state index in [9.17, 15) is 0 Å². The van der Waals surface area contributed by atoms with Crippen LogP contribution in [0.1, 0.15) is 11.1 Å². The molecule has 0 heterocycles. The second kappa shape index (κ2) is 10.1. The Balaban J connectivity index is 1.25. The van der Waals surface area contributed by atoms with E-state index in [1.165, 1.54) is 121 Å². The molecule has 0 heteroatoms. The van der Waals surface area contributed by atoms with Crippen LogP contribution in [-0.2, 0) is 0 Å². The number of rotatable bonds is 3. The second-order valence-electron chi connectivity index (χ2n) is 14.0. The molecule has 0 N–H and O–H groups in total. The first kappa shape index (κ1) is 27.7. The van der Waals surface area contributed by atoms with Gasteiger partial charge in [0.25, 0.3) is 0 Å². The molecule has 50 heavy (non-hydrogen) atoms. The highest BCUT2D eigenvalue weighted by Crippen LogP contribution is 2.59. The van der Waals surface area contributed by atoms with Gasteiger partial charge in [-0.3, -0.25) is 0 Å². The summed E-state index contributed by atoms with van der Waals surface area (Å²) in [7, 11) is 0. The monoisotopic (exact) mass is 632 g/mol. The lowest BCUT2D eigenvalue weighted by molar-refractivity contribution is 1.38. The predicted molar refractivity (Wildman–Crippen MR) is 214 cm³/mol. The Labute approximate surface area is 291 Å². The van der Waals surface area contributed by atoms with Gasteiger partial charge in [-0.05, 0) is 147 Å². The third-order valence-corrected chi connectivity index (χ3v) is 11.4. The number of fused-ring (bicyclic) bond motifs is 8. The van der Waals surface area contributed by atoms with Crippen LogP contribution < -0.4 is 0 Å². The highest BCUT2D eigenvalue weighted by molar-refractivity contribution is 6.30. The van der Waals surface area contributed by atoms with Crippen molar-refractivity contribution in [2.75, 3.05) is 0 Å². The van der Waals surface area contributed by atoms with E-state index in [1.807, 2.05) is 0 Å². The molecule has 0 aromatic heterocycles. The molecule has 232 valence electrons. The van der Waals surface area contributed by atoms with Crippen LogP contribution in [0.4, 0.5) is 0 Å². The maximum Gasteiger partial charge on any atom is -0.00137 e. The number of aryl methyl sites for hydroxylation is 2. The summed E-state index contributed by atoms with van der Waals surface area (Å²) < 4.78 is 0. The standard InChI is InChI=1S/C50H32/c1-29-13-11-14-30(2)45(29)39-22-12-21-35-36-23-24-37-41-27-43-44(28-42(41)38-25-26-40(48(35)39)50(36)49(37)38)47(32-17-7-4-8-18-32)34-20-10-9-19-33(34)46(43)31-15-5-3-6-16-31/h3-28H,1-2H3. The highest BCUT2D eigenvalue weighted by atomic mass is 14.3. The quantitative estimate of drug-likeness (QED) is 0.170. The van der Waals surface area contributed by atoms with Gasteiger partial charge in [-0.25, -0.2) is 0 Å². The van der Waals surface area contributed by atoms with Gasteiger partial charge in [0.15, 0.2) is 0 Å². The SMILES string of the molecule is Cc1cccc(C)c1-c1cccc2c1-c1ccc3c4c(ccc-2c14)-c1cc2c(-c4ccccc4)c4ccccc4c(-c4ccccc4)c2cc1-3. The molecule has 0 amide bonds. The zero-order chi connectivity index (χ0) is 33.1. The summed E-state index contributed by atoms with van der Waals surface area (Å²) in [6.07, 6.45) is 0. The second-order valence-corrected chi connectivity index (χ2v) is 14.0. The first-order valence-corrected chi connectivity index (χ1v) is 17.6. The Morgan fingerprint density at radius 2 is 0.700 bits per heavy atom. The summed E-state index contributed by atoms with van der Waals surface area (Å²) in [5, 5.41) is 7.96. The molecule has 9 aromatic rings. The van der Waals surface area contributed by atoms with E-state index >= 15 is 0 Å². The fourth-order valence-electron chi connectivity index (χ4n) is 9.39. The van der Waals surface area contributed by atoms with Crippen molar-refractivity contribution < 1.29 is 0 Å². The van der Waals surface area contributed by atoms with Crippen LogP contribution >= 0.6 is 0 Å². The molecule has 0 saturated heterocycles. The van der Waals surface area contributed by atoms with Gasteiger partial charge in [-0.1, -0.05) is 146 Å². The maximum atomic E-state index is 2.51. The van der Waals surface area contributed by atoms with E-state index in [0.717, 1.165) is 0 Å². The molecule has 2 aliphatic carbocycles. The third-order valence-electron chi connectivity index (χ3n) is 11.4. The van der Waals surface area contributed by atoms with Gasteiger partial charge in [0.1, 0.15) is 0 Å². The lowest BCUT2D eigenvalue weighted by Gasteiger charge is -2.19. The van der Waals surface area contributed by atoms with Crippen LogP contribution in [0.2, 0.25) is 0 Å². The molecule has 0 spiro atoms. The first-order chi connectivity index (χ1) is 24.7. The van der Waals surface area contributed by atoms with Crippen molar-refractivity contribution in [2.24, 2.45) is 0 Å². The summed E-state index contributed by atoms with van der Waals surface area (Å²) in [5.74, 6) is 0. The fourth-order valence-corrected chi connectivity index (χ4v) is 9.39. The Kier molecular flexibility index (Phi) is 5.61. The van der Waals surface area contributed by atoms with Crippen molar-refractivity contribution in [3.05, 3.63) is 169 Å². The van der Waals surface area contributed by atoms with E-state index in [0.29, 0.717) is 0 Å². The fraction of sp³-hybridized carbons (Fsp3) is 0.0400. The topological polar surface area (TPSA) is 0 Å². The van der Waals surface area contributed by atoms with Gasteiger partial charge in [-0.15, -0.1) is 0 Å². The van der Waals surface area contributed by atoms with Crippen LogP contribution in [0.5, 0.6) is 0 Å². The van der Waals surface area contributed by atoms with Gasteiger partial charge in [0.2, 0.25) is 0 Å². The lowest BCUT2D eigenvalue weighted by Crippen LogP contribution is -1.92. The average molecular weight is 633 g/mol. The smallest absolute Gasteiger partial charge is 0.00137 e. The molecule has 0 saturated carbocycles. The van der Waals surface area contributed by atoms with Gasteiger partial charge in [0, 0.05) is 0 Å². The van der Waals surface area contributed by atoms with Gasteiger partial charge >= 0.3 is 0 Å². The molecular formula is C50H32. The van der Waals surface area contributed by atoms with Crippen molar-refractivity contribution >= 4 is 32.3 Å². The third kappa shape index (κ3) is 3.60. The van der Waals surface area contributed by atoms with Crippen LogP contribution in [0.15, 0.2) is 158 Å². The van der Waals surface area contributed by atoms with E-state index in [4.69, 9.17) is 0 Å². The molecule has 0 bridgehead atoms. The van der Waals surface area contributed by atoms with Gasteiger partial charge < -0.3 is 0 Å². The van der Waals surface area contributed by atoms with Gasteiger partial charge in [-0.2, -0.15) is 0 Å².